The predicted molar refractivity (Wildman–Crippen MR) is 63.1 cm³/mol. The highest BCUT2D eigenvalue weighted by Gasteiger charge is 2.08. The van der Waals surface area contributed by atoms with Gasteiger partial charge in [-0.3, -0.25) is 9.78 Å². The van der Waals surface area contributed by atoms with Crippen molar-refractivity contribution < 1.29 is 14.3 Å². The Morgan fingerprint density at radius 3 is 2.59 bits per heavy atom. The third-order valence-electron chi connectivity index (χ3n) is 2.51. The van der Waals surface area contributed by atoms with E-state index in [-0.39, 0.29) is 5.78 Å². The summed E-state index contributed by atoms with van der Waals surface area (Å²) in [6.45, 7) is 1.50. The molecule has 4 nitrogen and oxygen atoms in total. The second-order valence-electron chi connectivity index (χ2n) is 3.68. The van der Waals surface area contributed by atoms with Gasteiger partial charge in [-0.1, -0.05) is 12.1 Å². The van der Waals surface area contributed by atoms with Crippen LogP contribution in [0.4, 0.5) is 0 Å². The van der Waals surface area contributed by atoms with E-state index in [9.17, 15) is 9.59 Å². The molecule has 0 N–H and O–H groups in total. The number of hydrogen-bond donors (Lipinski definition) is 0. The molecule has 0 aliphatic carbocycles. The van der Waals surface area contributed by atoms with Gasteiger partial charge >= 0.3 is 5.97 Å². The van der Waals surface area contributed by atoms with Crippen LogP contribution in [-0.4, -0.2) is 23.8 Å². The van der Waals surface area contributed by atoms with Crippen LogP contribution < -0.4 is 0 Å². The highest BCUT2D eigenvalue weighted by Crippen LogP contribution is 2.16. The van der Waals surface area contributed by atoms with Gasteiger partial charge in [0.25, 0.3) is 0 Å². The Morgan fingerprint density at radius 1 is 1.18 bits per heavy atom. The summed E-state index contributed by atoms with van der Waals surface area (Å²) in [5.41, 5.74) is 1.69. The molecule has 1 heterocycles. The fourth-order valence-electron chi connectivity index (χ4n) is 1.57. The van der Waals surface area contributed by atoms with E-state index in [1.165, 1.54) is 20.2 Å². The van der Waals surface area contributed by atoms with Crippen LogP contribution >= 0.6 is 0 Å². The van der Waals surface area contributed by atoms with E-state index in [1.807, 2.05) is 0 Å². The van der Waals surface area contributed by atoms with Crippen molar-refractivity contribution in [3.8, 4) is 0 Å². The fraction of sp³-hybridized carbons (Fsp3) is 0.154. The van der Waals surface area contributed by atoms with Crippen molar-refractivity contribution in [2.45, 2.75) is 6.92 Å². The zero-order chi connectivity index (χ0) is 12.4. The van der Waals surface area contributed by atoms with Gasteiger partial charge in [-0.25, -0.2) is 4.79 Å². The van der Waals surface area contributed by atoms with Gasteiger partial charge in [-0.05, 0) is 19.1 Å². The quantitative estimate of drug-likeness (QED) is 0.585. The molecule has 0 saturated carbocycles. The standard InChI is InChI=1S/C13H11NO3/c1-8(15)9-3-4-10-5-11(13(16)17-2)7-14-12(10)6-9/h3-7H,1-2H3. The number of pyridine rings is 1. The average Bonchev–Trinajstić information content (AvgIpc) is 2.36. The number of benzene rings is 1. The number of Topliss-reactive ketones (excluding diaryl/α,β-unsaturated/α-hetero) is 1. The molecule has 0 amide bonds. The monoisotopic (exact) mass is 229 g/mol. The van der Waals surface area contributed by atoms with E-state index >= 15 is 0 Å². The summed E-state index contributed by atoms with van der Waals surface area (Å²) in [4.78, 5) is 26.7. The minimum absolute atomic E-state index is 0.00857. The first kappa shape index (κ1) is 11.3. The molecule has 0 aliphatic rings. The van der Waals surface area contributed by atoms with Crippen LogP contribution in [-0.2, 0) is 4.74 Å². The Labute approximate surface area is 98.2 Å². The lowest BCUT2D eigenvalue weighted by molar-refractivity contribution is 0.0600. The number of ketones is 1. The maximum Gasteiger partial charge on any atom is 0.339 e. The number of nitrogens with zero attached hydrogens (tertiary/aromatic N) is 1. The van der Waals surface area contributed by atoms with Gasteiger partial charge in [0.15, 0.2) is 5.78 Å². The summed E-state index contributed by atoms with van der Waals surface area (Å²) >= 11 is 0. The highest BCUT2D eigenvalue weighted by atomic mass is 16.5. The Hall–Kier alpha value is -2.23. The van der Waals surface area contributed by atoms with Crippen LogP contribution in [0.3, 0.4) is 0 Å². The second kappa shape index (κ2) is 4.33. The summed E-state index contributed by atoms with van der Waals surface area (Å²) < 4.78 is 4.61. The van der Waals surface area contributed by atoms with E-state index < -0.39 is 5.97 Å². The number of carbonyl (C=O) groups excluding carboxylic acids is 2. The van der Waals surface area contributed by atoms with E-state index in [4.69, 9.17) is 0 Å². The van der Waals surface area contributed by atoms with Crippen molar-refractivity contribution in [1.29, 1.82) is 0 Å². The molecule has 1 aromatic carbocycles. The Kier molecular flexibility index (Phi) is 2.87. The molecule has 0 unspecified atom stereocenters. The van der Waals surface area contributed by atoms with Crippen molar-refractivity contribution in [3.63, 3.8) is 0 Å². The van der Waals surface area contributed by atoms with Gasteiger partial charge in [-0.15, -0.1) is 0 Å². The molecule has 0 aliphatic heterocycles. The van der Waals surface area contributed by atoms with Crippen LogP contribution in [0.2, 0.25) is 0 Å². The molecule has 4 heteroatoms. The number of ether oxygens (including phenoxy) is 1. The summed E-state index contributed by atoms with van der Waals surface area (Å²) in [7, 11) is 1.32. The molecule has 17 heavy (non-hydrogen) atoms. The number of carbonyl (C=O) groups is 2. The molecule has 0 atom stereocenters. The third kappa shape index (κ3) is 2.15. The lowest BCUT2D eigenvalue weighted by atomic mass is 10.1. The first-order chi connectivity index (χ1) is 8.11. The van der Waals surface area contributed by atoms with Crippen LogP contribution in [0, 0.1) is 0 Å². The Balaban J connectivity index is 2.54. The normalized spacial score (nSPS) is 10.2. The molecule has 2 aromatic rings. The molecule has 0 bridgehead atoms. The van der Waals surface area contributed by atoms with Crippen molar-refractivity contribution in [2.24, 2.45) is 0 Å². The average molecular weight is 229 g/mol. The zero-order valence-corrected chi connectivity index (χ0v) is 9.56. The SMILES string of the molecule is COC(=O)c1cnc2cc(C(C)=O)ccc2c1. The third-order valence-corrected chi connectivity index (χ3v) is 2.51. The molecule has 2 rings (SSSR count). The van der Waals surface area contributed by atoms with Crippen LogP contribution in [0.15, 0.2) is 30.5 Å². The molecule has 0 spiro atoms. The first-order valence-electron chi connectivity index (χ1n) is 5.11. The van der Waals surface area contributed by atoms with Gasteiger partial charge in [0.05, 0.1) is 18.2 Å². The number of fused-ring (bicyclic) bond motifs is 1. The maximum absolute atomic E-state index is 11.3. The smallest absolute Gasteiger partial charge is 0.339 e. The van der Waals surface area contributed by atoms with Gasteiger partial charge < -0.3 is 4.74 Å². The molecular weight excluding hydrogens is 218 g/mol. The van der Waals surface area contributed by atoms with Crippen LogP contribution in [0.5, 0.6) is 0 Å². The van der Waals surface area contributed by atoms with Crippen molar-refractivity contribution in [1.82, 2.24) is 4.98 Å². The first-order valence-corrected chi connectivity index (χ1v) is 5.11. The van der Waals surface area contributed by atoms with E-state index in [1.54, 1.807) is 24.3 Å². The Morgan fingerprint density at radius 2 is 1.94 bits per heavy atom. The lowest BCUT2D eigenvalue weighted by Crippen LogP contribution is -2.02. The van der Waals surface area contributed by atoms with Gasteiger partial charge in [0.2, 0.25) is 0 Å². The predicted octanol–water partition coefficient (Wildman–Crippen LogP) is 2.22. The largest absolute Gasteiger partial charge is 0.465 e. The molecule has 1 aromatic heterocycles. The zero-order valence-electron chi connectivity index (χ0n) is 9.56. The topological polar surface area (TPSA) is 56.3 Å². The summed E-state index contributed by atoms with van der Waals surface area (Å²) in [6.07, 6.45) is 1.44. The Bertz CT molecular complexity index is 605. The number of hydrogen-bond acceptors (Lipinski definition) is 4. The minimum Gasteiger partial charge on any atom is -0.465 e. The molecule has 0 saturated heterocycles. The van der Waals surface area contributed by atoms with E-state index in [0.29, 0.717) is 16.6 Å². The fourth-order valence-corrected chi connectivity index (χ4v) is 1.57. The highest BCUT2D eigenvalue weighted by molar-refractivity contribution is 5.99. The van der Waals surface area contributed by atoms with Crippen LogP contribution in [0.1, 0.15) is 27.6 Å². The summed E-state index contributed by atoms with van der Waals surface area (Å²) in [6, 6.07) is 6.88. The van der Waals surface area contributed by atoms with E-state index in [2.05, 4.69) is 9.72 Å². The number of rotatable bonds is 2. The van der Waals surface area contributed by atoms with Gasteiger partial charge in [-0.2, -0.15) is 0 Å². The molecule has 0 fully saturated rings. The molecule has 86 valence electrons. The van der Waals surface area contributed by atoms with Crippen molar-refractivity contribution in [2.75, 3.05) is 7.11 Å². The maximum atomic E-state index is 11.3. The van der Waals surface area contributed by atoms with Gasteiger partial charge in [0.1, 0.15) is 0 Å². The number of methoxy groups -OCH3 is 1. The van der Waals surface area contributed by atoms with Crippen molar-refractivity contribution >= 4 is 22.7 Å². The number of esters is 1. The van der Waals surface area contributed by atoms with Crippen LogP contribution in [0.25, 0.3) is 10.9 Å². The second-order valence-corrected chi connectivity index (χ2v) is 3.68. The molecular formula is C13H11NO3. The van der Waals surface area contributed by atoms with E-state index in [0.717, 1.165) is 5.39 Å². The number of aromatic nitrogens is 1. The lowest BCUT2D eigenvalue weighted by Gasteiger charge is -2.02. The minimum atomic E-state index is -0.421. The van der Waals surface area contributed by atoms with Crippen molar-refractivity contribution in [3.05, 3.63) is 41.6 Å². The molecule has 0 radical (unpaired) electrons. The summed E-state index contributed by atoms with van der Waals surface area (Å²) in [5.74, 6) is -0.430. The van der Waals surface area contributed by atoms with Gasteiger partial charge in [0, 0.05) is 17.1 Å². The summed E-state index contributed by atoms with van der Waals surface area (Å²) in [5, 5.41) is 0.804.